The normalized spacial score (nSPS) is 15.6. The third-order valence-corrected chi connectivity index (χ3v) is 4.05. The van der Waals surface area contributed by atoms with Crippen LogP contribution in [0.15, 0.2) is 30.5 Å². The van der Waals surface area contributed by atoms with Crippen LogP contribution in [0.1, 0.15) is 26.0 Å². The molecule has 0 aliphatic carbocycles. The highest BCUT2D eigenvalue weighted by Crippen LogP contribution is 2.26. The number of hydrazine groups is 1. The van der Waals surface area contributed by atoms with Gasteiger partial charge in [0.25, 0.3) is 0 Å². The van der Waals surface area contributed by atoms with Gasteiger partial charge in [0, 0.05) is 18.8 Å². The van der Waals surface area contributed by atoms with Gasteiger partial charge in [0.2, 0.25) is 6.41 Å². The van der Waals surface area contributed by atoms with E-state index in [1.165, 1.54) is 11.2 Å². The van der Waals surface area contributed by atoms with Crippen LogP contribution in [0.5, 0.6) is 11.5 Å². The summed E-state index contributed by atoms with van der Waals surface area (Å²) in [6.07, 6.45) is 2.77. The molecule has 3 amide bonds. The first kappa shape index (κ1) is 19.5. The van der Waals surface area contributed by atoms with Crippen molar-refractivity contribution in [1.82, 2.24) is 20.6 Å². The lowest BCUT2D eigenvalue weighted by Crippen LogP contribution is -2.54. The van der Waals surface area contributed by atoms with E-state index in [2.05, 4.69) is 26.2 Å². The molecule has 1 saturated heterocycles. The highest BCUT2D eigenvalue weighted by molar-refractivity contribution is 5.88. The van der Waals surface area contributed by atoms with Crippen molar-refractivity contribution >= 4 is 24.1 Å². The molecule has 0 aromatic carbocycles. The van der Waals surface area contributed by atoms with Gasteiger partial charge in [0.15, 0.2) is 0 Å². The number of aryl methyl sites for hydroxylation is 1. The van der Waals surface area contributed by atoms with Crippen LogP contribution in [0.2, 0.25) is 0 Å². The molecule has 10 heteroatoms. The Hall–Kier alpha value is -3.24. The quantitative estimate of drug-likeness (QED) is 0.676. The molecule has 3 N–H and O–H groups in total. The Kier molecular flexibility index (Phi) is 5.71. The molecule has 10 nitrogen and oxygen atoms in total. The van der Waals surface area contributed by atoms with Crippen LogP contribution in [0.4, 0.5) is 16.4 Å². The molecular formula is C18H22N6O4. The third kappa shape index (κ3) is 4.93. The van der Waals surface area contributed by atoms with Gasteiger partial charge in [0.1, 0.15) is 23.1 Å². The minimum atomic E-state index is -0.366. The molecule has 0 bridgehead atoms. The van der Waals surface area contributed by atoms with E-state index >= 15 is 0 Å². The molecule has 28 heavy (non-hydrogen) atoms. The summed E-state index contributed by atoms with van der Waals surface area (Å²) in [4.78, 5) is 36.6. The van der Waals surface area contributed by atoms with E-state index in [4.69, 9.17) is 9.57 Å². The SMILES string of the molecule is Cc1nc(NC(=O)N2CCC(C)(C)ON2)ccc1Oc1ccnc(NC=O)c1. The molecule has 3 rings (SSSR count). The van der Waals surface area contributed by atoms with Gasteiger partial charge in [-0.15, -0.1) is 5.59 Å². The number of carbonyl (C=O) groups is 2. The Morgan fingerprint density at radius 1 is 1.36 bits per heavy atom. The number of pyridine rings is 2. The van der Waals surface area contributed by atoms with Gasteiger partial charge in [-0.1, -0.05) is 0 Å². The van der Waals surface area contributed by atoms with E-state index in [9.17, 15) is 9.59 Å². The summed E-state index contributed by atoms with van der Waals surface area (Å²) in [6, 6.07) is 6.23. The summed E-state index contributed by atoms with van der Waals surface area (Å²) < 4.78 is 5.78. The first-order chi connectivity index (χ1) is 13.4. The number of hydrogen-bond acceptors (Lipinski definition) is 7. The predicted molar refractivity (Wildman–Crippen MR) is 102 cm³/mol. The molecule has 1 aliphatic rings. The average molecular weight is 386 g/mol. The first-order valence-corrected chi connectivity index (χ1v) is 8.70. The zero-order valence-electron chi connectivity index (χ0n) is 15.9. The fraction of sp³-hybridized carbons (Fsp3) is 0.333. The van der Waals surface area contributed by atoms with Crippen molar-refractivity contribution < 1.29 is 19.2 Å². The molecule has 2 aromatic rings. The van der Waals surface area contributed by atoms with Crippen molar-refractivity contribution in [3.05, 3.63) is 36.2 Å². The Balaban J connectivity index is 1.63. The summed E-state index contributed by atoms with van der Waals surface area (Å²) >= 11 is 0. The number of nitrogens with one attached hydrogen (secondary N) is 3. The number of amides is 3. The lowest BCUT2D eigenvalue weighted by molar-refractivity contribution is -0.183. The van der Waals surface area contributed by atoms with E-state index in [0.717, 1.165) is 0 Å². The largest absolute Gasteiger partial charge is 0.455 e. The Labute approximate surface area is 162 Å². The van der Waals surface area contributed by atoms with Crippen molar-refractivity contribution in [1.29, 1.82) is 0 Å². The minimum Gasteiger partial charge on any atom is -0.455 e. The van der Waals surface area contributed by atoms with Crippen molar-refractivity contribution in [2.75, 3.05) is 17.2 Å². The Bertz CT molecular complexity index is 863. The van der Waals surface area contributed by atoms with E-state index < -0.39 is 0 Å². The van der Waals surface area contributed by atoms with Gasteiger partial charge >= 0.3 is 6.03 Å². The first-order valence-electron chi connectivity index (χ1n) is 8.70. The van der Waals surface area contributed by atoms with Gasteiger partial charge in [-0.05, 0) is 45.4 Å². The number of hydrogen-bond donors (Lipinski definition) is 3. The van der Waals surface area contributed by atoms with Crippen molar-refractivity contribution in [2.45, 2.75) is 32.8 Å². The van der Waals surface area contributed by atoms with Crippen LogP contribution in [0.3, 0.4) is 0 Å². The maximum absolute atomic E-state index is 12.3. The molecule has 1 fully saturated rings. The van der Waals surface area contributed by atoms with Crippen LogP contribution in [-0.2, 0) is 9.63 Å². The Morgan fingerprint density at radius 2 is 2.18 bits per heavy atom. The molecule has 2 aromatic heterocycles. The molecule has 0 unspecified atom stereocenters. The van der Waals surface area contributed by atoms with Crippen molar-refractivity contribution in [3.8, 4) is 11.5 Å². The summed E-state index contributed by atoms with van der Waals surface area (Å²) in [5, 5.41) is 6.53. The third-order valence-electron chi connectivity index (χ3n) is 4.05. The van der Waals surface area contributed by atoms with Crippen molar-refractivity contribution in [2.24, 2.45) is 0 Å². The van der Waals surface area contributed by atoms with E-state index in [1.807, 2.05) is 13.8 Å². The lowest BCUT2D eigenvalue weighted by Gasteiger charge is -2.36. The van der Waals surface area contributed by atoms with Crippen LogP contribution in [-0.4, -0.2) is 39.6 Å². The van der Waals surface area contributed by atoms with Gasteiger partial charge in [-0.3, -0.25) is 14.9 Å². The van der Waals surface area contributed by atoms with Crippen LogP contribution >= 0.6 is 0 Å². The molecule has 0 atom stereocenters. The summed E-state index contributed by atoms with van der Waals surface area (Å²) in [6.45, 7) is 6.17. The van der Waals surface area contributed by atoms with Crippen LogP contribution < -0.4 is 21.0 Å². The predicted octanol–water partition coefficient (Wildman–Crippen LogP) is 2.60. The number of nitrogens with zero attached hydrogens (tertiary/aromatic N) is 3. The smallest absolute Gasteiger partial charge is 0.339 e. The summed E-state index contributed by atoms with van der Waals surface area (Å²) in [5.41, 5.74) is 2.90. The van der Waals surface area contributed by atoms with Gasteiger partial charge in [-0.25, -0.2) is 19.8 Å². The molecule has 1 aliphatic heterocycles. The number of carbonyl (C=O) groups excluding carboxylic acids is 2. The average Bonchev–Trinajstić information content (AvgIpc) is 2.64. The molecule has 0 saturated carbocycles. The highest BCUT2D eigenvalue weighted by atomic mass is 16.7. The fourth-order valence-electron chi connectivity index (χ4n) is 2.44. The van der Waals surface area contributed by atoms with Crippen LogP contribution in [0.25, 0.3) is 0 Å². The van der Waals surface area contributed by atoms with Gasteiger partial charge in [0.05, 0.1) is 11.3 Å². The second-order valence-electron chi connectivity index (χ2n) is 6.81. The van der Waals surface area contributed by atoms with E-state index in [0.29, 0.717) is 48.2 Å². The number of urea groups is 1. The molecule has 3 heterocycles. The summed E-state index contributed by atoms with van der Waals surface area (Å²) in [5.74, 6) is 1.78. The summed E-state index contributed by atoms with van der Waals surface area (Å²) in [7, 11) is 0. The minimum absolute atomic E-state index is 0.321. The molecule has 0 spiro atoms. The van der Waals surface area contributed by atoms with E-state index in [1.54, 1.807) is 31.2 Å². The highest BCUT2D eigenvalue weighted by Gasteiger charge is 2.29. The van der Waals surface area contributed by atoms with Gasteiger partial charge in [-0.2, -0.15) is 0 Å². The fourth-order valence-corrected chi connectivity index (χ4v) is 2.44. The molecule has 0 radical (unpaired) electrons. The molecular weight excluding hydrogens is 364 g/mol. The lowest BCUT2D eigenvalue weighted by atomic mass is 10.1. The standard InChI is InChI=1S/C18H22N6O4/c1-12-14(27-13-6-8-19-16(10-13)20-11-25)4-5-15(21-12)22-17(26)24-9-7-18(2,3)28-23-24/h4-6,8,10-11,23H,7,9H2,1-3H3,(H,19,20,25)(H,21,22,26). The maximum Gasteiger partial charge on any atom is 0.339 e. The van der Waals surface area contributed by atoms with Gasteiger partial charge < -0.3 is 10.1 Å². The maximum atomic E-state index is 12.3. The number of rotatable bonds is 5. The Morgan fingerprint density at radius 3 is 2.86 bits per heavy atom. The monoisotopic (exact) mass is 386 g/mol. The number of ether oxygens (including phenoxy) is 1. The zero-order valence-corrected chi connectivity index (χ0v) is 15.9. The second-order valence-corrected chi connectivity index (χ2v) is 6.81. The van der Waals surface area contributed by atoms with Crippen LogP contribution in [0, 0.1) is 6.92 Å². The molecule has 148 valence electrons. The van der Waals surface area contributed by atoms with E-state index in [-0.39, 0.29) is 11.6 Å². The number of aromatic nitrogens is 2. The topological polar surface area (TPSA) is 118 Å². The van der Waals surface area contributed by atoms with Crippen molar-refractivity contribution in [3.63, 3.8) is 0 Å². The second kappa shape index (κ2) is 8.19. The number of anilines is 2. The zero-order chi connectivity index (χ0) is 20.1.